The third kappa shape index (κ3) is 3.65. The molecule has 0 atom stereocenters. The standard InChI is InChI=1S/C20H21N3O2/c24-20(21-13-16-14-23-12-4-3-7-19(23)22-16)15-8-10-18(11-9-15)25-17-5-1-2-6-17/h3-4,7-12,14,17H,1-2,5-6,13H2,(H,21,24). The number of ether oxygens (including phenoxy) is 1. The van der Waals surface area contributed by atoms with Gasteiger partial charge in [0, 0.05) is 18.0 Å². The number of pyridine rings is 1. The third-order valence-electron chi connectivity index (χ3n) is 4.57. The number of benzene rings is 1. The molecule has 25 heavy (non-hydrogen) atoms. The number of rotatable bonds is 5. The van der Waals surface area contributed by atoms with Crippen molar-refractivity contribution in [2.75, 3.05) is 0 Å². The molecule has 0 spiro atoms. The second kappa shape index (κ2) is 6.97. The fraction of sp³-hybridized carbons (Fsp3) is 0.300. The maximum atomic E-state index is 12.3. The predicted octanol–water partition coefficient (Wildman–Crippen LogP) is 3.59. The molecule has 2 aromatic heterocycles. The number of amides is 1. The van der Waals surface area contributed by atoms with Crippen LogP contribution in [-0.4, -0.2) is 21.4 Å². The van der Waals surface area contributed by atoms with Crippen molar-refractivity contribution in [3.05, 3.63) is 66.1 Å². The van der Waals surface area contributed by atoms with Crippen LogP contribution in [0.1, 0.15) is 41.7 Å². The molecule has 0 radical (unpaired) electrons. The molecule has 1 saturated carbocycles. The van der Waals surface area contributed by atoms with Crippen molar-refractivity contribution in [1.29, 1.82) is 0 Å². The maximum Gasteiger partial charge on any atom is 0.251 e. The summed E-state index contributed by atoms with van der Waals surface area (Å²) in [6, 6.07) is 13.2. The highest BCUT2D eigenvalue weighted by Crippen LogP contribution is 2.24. The number of nitrogens with one attached hydrogen (secondary N) is 1. The lowest BCUT2D eigenvalue weighted by atomic mass is 10.2. The summed E-state index contributed by atoms with van der Waals surface area (Å²) < 4.78 is 7.87. The van der Waals surface area contributed by atoms with E-state index in [0.29, 0.717) is 18.2 Å². The van der Waals surface area contributed by atoms with Crippen molar-refractivity contribution in [2.45, 2.75) is 38.3 Å². The molecule has 0 aliphatic heterocycles. The van der Waals surface area contributed by atoms with E-state index >= 15 is 0 Å². The van der Waals surface area contributed by atoms with E-state index < -0.39 is 0 Å². The average Bonchev–Trinajstić information content (AvgIpc) is 3.29. The molecule has 1 amide bonds. The fourth-order valence-electron chi connectivity index (χ4n) is 3.23. The number of hydrogen-bond acceptors (Lipinski definition) is 3. The molecule has 1 aromatic carbocycles. The van der Waals surface area contributed by atoms with Gasteiger partial charge in [-0.3, -0.25) is 4.79 Å². The zero-order chi connectivity index (χ0) is 17.1. The topological polar surface area (TPSA) is 55.6 Å². The van der Waals surface area contributed by atoms with Gasteiger partial charge in [0.15, 0.2) is 0 Å². The number of fused-ring (bicyclic) bond motifs is 1. The summed E-state index contributed by atoms with van der Waals surface area (Å²) in [6.07, 6.45) is 8.94. The largest absolute Gasteiger partial charge is 0.490 e. The average molecular weight is 335 g/mol. The molecule has 4 rings (SSSR count). The summed E-state index contributed by atoms with van der Waals surface area (Å²) in [5.74, 6) is 0.730. The highest BCUT2D eigenvalue weighted by Gasteiger charge is 2.16. The smallest absolute Gasteiger partial charge is 0.251 e. The van der Waals surface area contributed by atoms with Gasteiger partial charge < -0.3 is 14.5 Å². The molecule has 1 aliphatic rings. The van der Waals surface area contributed by atoms with Gasteiger partial charge in [-0.1, -0.05) is 6.07 Å². The molecule has 0 unspecified atom stereocenters. The molecule has 0 bridgehead atoms. The first-order chi connectivity index (χ1) is 12.3. The van der Waals surface area contributed by atoms with Crippen LogP contribution < -0.4 is 10.1 Å². The molecule has 1 N–H and O–H groups in total. The highest BCUT2D eigenvalue weighted by molar-refractivity contribution is 5.94. The van der Waals surface area contributed by atoms with Gasteiger partial charge in [0.2, 0.25) is 0 Å². The quantitative estimate of drug-likeness (QED) is 0.775. The maximum absolute atomic E-state index is 12.3. The Balaban J connectivity index is 1.35. The van der Waals surface area contributed by atoms with Crippen molar-refractivity contribution < 1.29 is 9.53 Å². The second-order valence-electron chi connectivity index (χ2n) is 6.43. The van der Waals surface area contributed by atoms with E-state index in [9.17, 15) is 4.79 Å². The van der Waals surface area contributed by atoms with Gasteiger partial charge in [-0.15, -0.1) is 0 Å². The number of hydrogen-bond donors (Lipinski definition) is 1. The Bertz CT molecular complexity index is 831. The van der Waals surface area contributed by atoms with Crippen LogP contribution in [0.2, 0.25) is 0 Å². The summed E-state index contributed by atoms with van der Waals surface area (Å²) in [5.41, 5.74) is 2.34. The second-order valence-corrected chi connectivity index (χ2v) is 6.43. The lowest BCUT2D eigenvalue weighted by Crippen LogP contribution is -2.22. The SMILES string of the molecule is O=C(NCc1cn2ccccc2n1)c1ccc(OC2CCCC2)cc1. The Morgan fingerprint density at radius 1 is 1.16 bits per heavy atom. The number of carbonyl (C=O) groups is 1. The molecule has 1 aliphatic carbocycles. The number of imidazole rings is 1. The monoisotopic (exact) mass is 335 g/mol. The zero-order valence-corrected chi connectivity index (χ0v) is 14.0. The first-order valence-electron chi connectivity index (χ1n) is 8.75. The fourth-order valence-corrected chi connectivity index (χ4v) is 3.23. The van der Waals surface area contributed by atoms with E-state index in [-0.39, 0.29) is 5.91 Å². The van der Waals surface area contributed by atoms with Crippen LogP contribution >= 0.6 is 0 Å². The highest BCUT2D eigenvalue weighted by atomic mass is 16.5. The lowest BCUT2D eigenvalue weighted by Gasteiger charge is -2.13. The molecule has 5 nitrogen and oxygen atoms in total. The normalized spacial score (nSPS) is 14.7. The van der Waals surface area contributed by atoms with Crippen LogP contribution in [0.5, 0.6) is 5.75 Å². The molecule has 1 fully saturated rings. The Morgan fingerprint density at radius 2 is 1.96 bits per heavy atom. The molecule has 0 saturated heterocycles. The summed E-state index contributed by atoms with van der Waals surface area (Å²) in [6.45, 7) is 0.404. The van der Waals surface area contributed by atoms with Crippen molar-refractivity contribution in [3.63, 3.8) is 0 Å². The van der Waals surface area contributed by atoms with Crippen LogP contribution in [0.25, 0.3) is 5.65 Å². The third-order valence-corrected chi connectivity index (χ3v) is 4.57. The van der Waals surface area contributed by atoms with E-state index in [1.807, 2.05) is 59.3 Å². The first-order valence-corrected chi connectivity index (χ1v) is 8.75. The van der Waals surface area contributed by atoms with Gasteiger partial charge in [-0.25, -0.2) is 4.98 Å². The van der Waals surface area contributed by atoms with Crippen LogP contribution in [0.3, 0.4) is 0 Å². The Labute approximate surface area is 146 Å². The molecular weight excluding hydrogens is 314 g/mol. The lowest BCUT2D eigenvalue weighted by molar-refractivity contribution is 0.0950. The predicted molar refractivity (Wildman–Crippen MR) is 95.7 cm³/mol. The first kappa shape index (κ1) is 15.7. The summed E-state index contributed by atoms with van der Waals surface area (Å²) in [4.78, 5) is 16.8. The number of aromatic nitrogens is 2. The summed E-state index contributed by atoms with van der Waals surface area (Å²) in [5, 5.41) is 2.91. The minimum Gasteiger partial charge on any atom is -0.490 e. The number of nitrogens with zero attached hydrogens (tertiary/aromatic N) is 2. The number of carbonyl (C=O) groups excluding carboxylic acids is 1. The van der Waals surface area contributed by atoms with Gasteiger partial charge >= 0.3 is 0 Å². The van der Waals surface area contributed by atoms with E-state index in [1.54, 1.807) is 0 Å². The van der Waals surface area contributed by atoms with Crippen LogP contribution in [-0.2, 0) is 6.54 Å². The van der Waals surface area contributed by atoms with Gasteiger partial charge in [0.25, 0.3) is 5.91 Å². The molecule has 5 heteroatoms. The Kier molecular flexibility index (Phi) is 4.37. The van der Waals surface area contributed by atoms with Crippen molar-refractivity contribution >= 4 is 11.6 Å². The van der Waals surface area contributed by atoms with Crippen molar-refractivity contribution in [3.8, 4) is 5.75 Å². The summed E-state index contributed by atoms with van der Waals surface area (Å²) >= 11 is 0. The Hall–Kier alpha value is -2.82. The molecule has 128 valence electrons. The van der Waals surface area contributed by atoms with Crippen molar-refractivity contribution in [2.24, 2.45) is 0 Å². The molecule has 3 aromatic rings. The van der Waals surface area contributed by atoms with E-state index in [1.165, 1.54) is 12.8 Å². The summed E-state index contributed by atoms with van der Waals surface area (Å²) in [7, 11) is 0. The van der Waals surface area contributed by atoms with Crippen LogP contribution in [0, 0.1) is 0 Å². The minimum absolute atomic E-state index is 0.107. The van der Waals surface area contributed by atoms with Crippen LogP contribution in [0.15, 0.2) is 54.9 Å². The van der Waals surface area contributed by atoms with Gasteiger partial charge in [-0.05, 0) is 62.1 Å². The van der Waals surface area contributed by atoms with Gasteiger partial charge in [0.1, 0.15) is 11.4 Å². The van der Waals surface area contributed by atoms with E-state index in [4.69, 9.17) is 4.74 Å². The molecule has 2 heterocycles. The van der Waals surface area contributed by atoms with Crippen molar-refractivity contribution in [1.82, 2.24) is 14.7 Å². The Morgan fingerprint density at radius 3 is 2.72 bits per heavy atom. The van der Waals surface area contributed by atoms with E-state index in [0.717, 1.165) is 29.9 Å². The van der Waals surface area contributed by atoms with Crippen LogP contribution in [0.4, 0.5) is 0 Å². The van der Waals surface area contributed by atoms with E-state index in [2.05, 4.69) is 10.3 Å². The minimum atomic E-state index is -0.107. The van der Waals surface area contributed by atoms with Gasteiger partial charge in [0.05, 0.1) is 18.3 Å². The zero-order valence-electron chi connectivity index (χ0n) is 14.0. The van der Waals surface area contributed by atoms with Gasteiger partial charge in [-0.2, -0.15) is 0 Å². The molecular formula is C20H21N3O2.